The molecule has 3 nitrogen and oxygen atoms in total. The molecule has 2 aliphatic heterocycles. The van der Waals surface area contributed by atoms with Crippen LogP contribution in [0.5, 0.6) is 11.5 Å². The zero-order valence-corrected chi connectivity index (χ0v) is 11.5. The first-order valence-electron chi connectivity index (χ1n) is 6.71. The lowest BCUT2D eigenvalue weighted by Crippen LogP contribution is -2.28. The van der Waals surface area contributed by atoms with Gasteiger partial charge in [0.15, 0.2) is 0 Å². The van der Waals surface area contributed by atoms with Gasteiger partial charge in [-0.2, -0.15) is 0 Å². The molecule has 0 fully saturated rings. The highest BCUT2D eigenvalue weighted by Crippen LogP contribution is 2.50. The summed E-state index contributed by atoms with van der Waals surface area (Å²) in [7, 11) is 1.69. The molecular weight excluding hydrogens is 250 g/mol. The Morgan fingerprint density at radius 3 is 2.90 bits per heavy atom. The van der Waals surface area contributed by atoms with Crippen LogP contribution in [-0.2, 0) is 5.41 Å². The molecule has 1 spiro atoms. The number of benzene rings is 2. The molecule has 0 radical (unpaired) electrons. The molecule has 3 heteroatoms. The first-order chi connectivity index (χ1) is 9.74. The number of ether oxygens (including phenoxy) is 2. The Morgan fingerprint density at radius 2 is 2.05 bits per heavy atom. The Bertz CT molecular complexity index is 736. The molecule has 0 N–H and O–H groups in total. The quantitative estimate of drug-likeness (QED) is 0.791. The maximum absolute atomic E-state index is 5.92. The summed E-state index contributed by atoms with van der Waals surface area (Å²) in [6.07, 6.45) is 2.02. The minimum atomic E-state index is -0.233. The standard InChI is InChI=1S/C17H15NO2/c1-11-7-13-16(8-15(11)19-2)20-10-17(13)9-18-14-6-4-3-5-12(14)17/h3-9H,10H2,1-2H3. The van der Waals surface area contributed by atoms with Crippen molar-refractivity contribution in [2.75, 3.05) is 13.7 Å². The summed E-state index contributed by atoms with van der Waals surface area (Å²) in [6.45, 7) is 2.67. The van der Waals surface area contributed by atoms with E-state index in [0.717, 1.165) is 22.7 Å². The Kier molecular flexibility index (Phi) is 2.22. The maximum Gasteiger partial charge on any atom is 0.127 e. The van der Waals surface area contributed by atoms with Gasteiger partial charge >= 0.3 is 0 Å². The predicted octanol–water partition coefficient (Wildman–Crippen LogP) is 3.40. The van der Waals surface area contributed by atoms with E-state index in [4.69, 9.17) is 9.47 Å². The number of para-hydroxylation sites is 1. The second-order valence-corrected chi connectivity index (χ2v) is 5.35. The molecule has 100 valence electrons. The molecule has 0 saturated heterocycles. The van der Waals surface area contributed by atoms with Crippen LogP contribution in [0, 0.1) is 6.92 Å². The molecule has 0 saturated carbocycles. The number of hydrogen-bond donors (Lipinski definition) is 0. The van der Waals surface area contributed by atoms with E-state index in [1.165, 1.54) is 11.1 Å². The lowest BCUT2D eigenvalue weighted by Gasteiger charge is -2.21. The predicted molar refractivity (Wildman–Crippen MR) is 78.6 cm³/mol. The number of nitrogens with zero attached hydrogens (tertiary/aromatic N) is 1. The molecule has 4 rings (SSSR count). The Balaban J connectivity index is 1.95. The summed E-state index contributed by atoms with van der Waals surface area (Å²) < 4.78 is 11.3. The molecule has 0 aliphatic carbocycles. The summed E-state index contributed by atoms with van der Waals surface area (Å²) >= 11 is 0. The van der Waals surface area contributed by atoms with Crippen LogP contribution in [-0.4, -0.2) is 19.9 Å². The van der Waals surface area contributed by atoms with Crippen molar-refractivity contribution >= 4 is 11.9 Å². The third kappa shape index (κ3) is 1.32. The summed E-state index contributed by atoms with van der Waals surface area (Å²) in [5.41, 5.74) is 4.34. The molecule has 0 aromatic heterocycles. The summed E-state index contributed by atoms with van der Waals surface area (Å²) in [4.78, 5) is 4.57. The van der Waals surface area contributed by atoms with Gasteiger partial charge in [0.1, 0.15) is 18.1 Å². The highest BCUT2D eigenvalue weighted by atomic mass is 16.5. The van der Waals surface area contributed by atoms with E-state index in [-0.39, 0.29) is 5.41 Å². The maximum atomic E-state index is 5.92. The van der Waals surface area contributed by atoms with Gasteiger partial charge in [-0.1, -0.05) is 18.2 Å². The van der Waals surface area contributed by atoms with Crippen LogP contribution in [0.4, 0.5) is 5.69 Å². The number of methoxy groups -OCH3 is 1. The first-order valence-corrected chi connectivity index (χ1v) is 6.71. The smallest absolute Gasteiger partial charge is 0.127 e. The highest BCUT2D eigenvalue weighted by molar-refractivity contribution is 5.91. The fourth-order valence-corrected chi connectivity index (χ4v) is 3.17. The molecule has 2 heterocycles. The van der Waals surface area contributed by atoms with Crippen LogP contribution in [0.25, 0.3) is 0 Å². The van der Waals surface area contributed by atoms with Crippen molar-refractivity contribution in [3.8, 4) is 11.5 Å². The number of hydrogen-bond acceptors (Lipinski definition) is 3. The third-order valence-electron chi connectivity index (χ3n) is 4.24. The average Bonchev–Trinajstić information content (AvgIpc) is 3.02. The van der Waals surface area contributed by atoms with Crippen LogP contribution in [0.3, 0.4) is 0 Å². The highest BCUT2D eigenvalue weighted by Gasteiger charge is 2.45. The molecule has 2 aromatic rings. The number of rotatable bonds is 1. The molecule has 20 heavy (non-hydrogen) atoms. The van der Waals surface area contributed by atoms with Crippen molar-refractivity contribution in [3.05, 3.63) is 53.1 Å². The van der Waals surface area contributed by atoms with Crippen LogP contribution >= 0.6 is 0 Å². The van der Waals surface area contributed by atoms with Crippen molar-refractivity contribution in [3.63, 3.8) is 0 Å². The largest absolute Gasteiger partial charge is 0.496 e. The van der Waals surface area contributed by atoms with Gasteiger partial charge in [-0.25, -0.2) is 0 Å². The second kappa shape index (κ2) is 3.85. The van der Waals surface area contributed by atoms with Crippen molar-refractivity contribution in [2.45, 2.75) is 12.3 Å². The number of aliphatic imine (C=N–C) groups is 1. The van der Waals surface area contributed by atoms with E-state index in [1.54, 1.807) is 7.11 Å². The minimum Gasteiger partial charge on any atom is -0.496 e. The van der Waals surface area contributed by atoms with Crippen molar-refractivity contribution < 1.29 is 9.47 Å². The molecule has 2 aliphatic rings. The van der Waals surface area contributed by atoms with E-state index in [9.17, 15) is 0 Å². The minimum absolute atomic E-state index is 0.233. The number of aryl methyl sites for hydroxylation is 1. The van der Waals surface area contributed by atoms with Crippen molar-refractivity contribution in [1.82, 2.24) is 0 Å². The SMILES string of the molecule is COc1cc2c(cc1C)C1(C=Nc3ccccc31)CO2. The molecule has 1 unspecified atom stereocenters. The van der Waals surface area contributed by atoms with Crippen LogP contribution in [0.15, 0.2) is 41.4 Å². The van der Waals surface area contributed by atoms with Crippen molar-refractivity contribution in [2.24, 2.45) is 4.99 Å². The van der Waals surface area contributed by atoms with E-state index >= 15 is 0 Å². The van der Waals surface area contributed by atoms with Crippen LogP contribution in [0.2, 0.25) is 0 Å². The lowest BCUT2D eigenvalue weighted by molar-refractivity contribution is 0.326. The Hall–Kier alpha value is -2.29. The molecule has 1 atom stereocenters. The number of fused-ring (bicyclic) bond motifs is 4. The van der Waals surface area contributed by atoms with Gasteiger partial charge < -0.3 is 9.47 Å². The molecule has 2 aromatic carbocycles. The fourth-order valence-electron chi connectivity index (χ4n) is 3.17. The van der Waals surface area contributed by atoms with Gasteiger partial charge in [0.2, 0.25) is 0 Å². The molecule has 0 amide bonds. The Labute approximate surface area is 117 Å². The fraction of sp³-hybridized carbons (Fsp3) is 0.235. The van der Waals surface area contributed by atoms with Gasteiger partial charge in [0.25, 0.3) is 0 Å². The van der Waals surface area contributed by atoms with Gasteiger partial charge in [0.05, 0.1) is 18.2 Å². The van der Waals surface area contributed by atoms with Gasteiger partial charge in [-0.3, -0.25) is 4.99 Å². The summed E-state index contributed by atoms with van der Waals surface area (Å²) in [6, 6.07) is 12.4. The van der Waals surface area contributed by atoms with Gasteiger partial charge in [-0.05, 0) is 30.2 Å². The van der Waals surface area contributed by atoms with Crippen molar-refractivity contribution in [1.29, 1.82) is 0 Å². The molecular formula is C17H15NO2. The van der Waals surface area contributed by atoms with Gasteiger partial charge in [-0.15, -0.1) is 0 Å². The zero-order chi connectivity index (χ0) is 13.7. The van der Waals surface area contributed by atoms with E-state index in [2.05, 4.69) is 36.2 Å². The molecule has 0 bridgehead atoms. The first kappa shape index (κ1) is 11.5. The second-order valence-electron chi connectivity index (χ2n) is 5.35. The average molecular weight is 265 g/mol. The van der Waals surface area contributed by atoms with E-state index < -0.39 is 0 Å². The normalized spacial score (nSPS) is 21.7. The third-order valence-corrected chi connectivity index (χ3v) is 4.24. The van der Waals surface area contributed by atoms with E-state index in [1.807, 2.05) is 18.3 Å². The zero-order valence-electron chi connectivity index (χ0n) is 11.5. The lowest BCUT2D eigenvalue weighted by atomic mass is 9.77. The van der Waals surface area contributed by atoms with Crippen LogP contribution < -0.4 is 9.47 Å². The monoisotopic (exact) mass is 265 g/mol. The topological polar surface area (TPSA) is 30.8 Å². The van der Waals surface area contributed by atoms with E-state index in [0.29, 0.717) is 6.61 Å². The Morgan fingerprint density at radius 1 is 1.20 bits per heavy atom. The van der Waals surface area contributed by atoms with Crippen LogP contribution in [0.1, 0.15) is 16.7 Å². The van der Waals surface area contributed by atoms with Gasteiger partial charge in [0, 0.05) is 17.8 Å². The summed E-state index contributed by atoms with van der Waals surface area (Å²) in [5, 5.41) is 0. The summed E-state index contributed by atoms with van der Waals surface area (Å²) in [5.74, 6) is 1.76.